The van der Waals surface area contributed by atoms with Gasteiger partial charge in [-0.25, -0.2) is 8.61 Å². The summed E-state index contributed by atoms with van der Waals surface area (Å²) in [5.74, 6) is 0. The lowest BCUT2D eigenvalue weighted by atomic mass is 10.4. The minimum atomic E-state index is -0.0121. The summed E-state index contributed by atoms with van der Waals surface area (Å²) in [5.41, 5.74) is 0. The molecular formula is C12H22N4O2S4. The number of hydrogen-bond donors (Lipinski definition) is 0. The molecule has 0 radical (unpaired) electrons. The van der Waals surface area contributed by atoms with Crippen LogP contribution in [-0.2, 0) is 0 Å². The van der Waals surface area contributed by atoms with E-state index in [0.717, 1.165) is 73.9 Å². The highest BCUT2D eigenvalue weighted by molar-refractivity contribution is 8.93. The van der Waals surface area contributed by atoms with Gasteiger partial charge in [0.05, 0.1) is 0 Å². The fraction of sp³-hybridized carbons (Fsp3) is 0.833. The zero-order chi connectivity index (χ0) is 15.9. The van der Waals surface area contributed by atoms with Crippen LogP contribution >= 0.6 is 45.5 Å². The lowest BCUT2D eigenvalue weighted by Gasteiger charge is -2.30. The summed E-state index contributed by atoms with van der Waals surface area (Å²) in [4.78, 5) is 28.3. The average Bonchev–Trinajstić information content (AvgIpc) is 2.50. The lowest BCUT2D eigenvalue weighted by Crippen LogP contribution is -2.41. The summed E-state index contributed by atoms with van der Waals surface area (Å²) in [7, 11) is 6.26. The van der Waals surface area contributed by atoms with Gasteiger partial charge in [0.15, 0.2) is 0 Å². The van der Waals surface area contributed by atoms with Gasteiger partial charge in [0.25, 0.3) is 8.89 Å². The Balaban J connectivity index is 1.58. The fourth-order valence-electron chi connectivity index (χ4n) is 2.07. The Bertz CT molecular complexity index is 349. The van der Waals surface area contributed by atoms with Crippen LogP contribution < -0.4 is 0 Å². The van der Waals surface area contributed by atoms with Gasteiger partial charge in [0, 0.05) is 97.8 Å². The number of hydrogen-bond acceptors (Lipinski definition) is 10. The molecule has 0 amide bonds. The molecule has 6 nitrogen and oxygen atoms in total. The molecular weight excluding hydrogens is 360 g/mol. The van der Waals surface area contributed by atoms with Gasteiger partial charge >= 0.3 is 0 Å². The third-order valence-electron chi connectivity index (χ3n) is 3.51. The molecule has 0 aliphatic carbocycles. The number of nitrogens with zero attached hydrogens (tertiary/aromatic N) is 4. The second-order valence-electron chi connectivity index (χ2n) is 5.31. The van der Waals surface area contributed by atoms with Crippen LogP contribution in [0.4, 0.5) is 9.59 Å². The Labute approximate surface area is 148 Å². The fourth-order valence-corrected chi connectivity index (χ4v) is 5.76. The first-order chi connectivity index (χ1) is 10.5. The molecule has 2 aliphatic heterocycles. The zero-order valence-corrected chi connectivity index (χ0v) is 16.2. The minimum Gasteiger partial charge on any atom is -0.304 e. The highest BCUT2D eigenvalue weighted by atomic mass is 33.1. The topological polar surface area (TPSA) is 47.1 Å². The van der Waals surface area contributed by atoms with E-state index in [1.165, 1.54) is 23.9 Å². The number of carbonyl (C=O) groups is 2. The van der Waals surface area contributed by atoms with Gasteiger partial charge in [-0.05, 0) is 14.1 Å². The SMILES string of the molecule is CN1CCN(SC(=O)SSC(=O)SN2CCN(C)CC2)CC1. The van der Waals surface area contributed by atoms with Gasteiger partial charge < -0.3 is 9.80 Å². The summed E-state index contributed by atoms with van der Waals surface area (Å²) in [6.07, 6.45) is 0. The van der Waals surface area contributed by atoms with Gasteiger partial charge in [-0.2, -0.15) is 0 Å². The molecule has 2 fully saturated rings. The molecule has 2 aliphatic rings. The third-order valence-corrected chi connectivity index (χ3v) is 8.15. The number of piperazine rings is 2. The largest absolute Gasteiger partial charge is 0.304 e. The predicted molar refractivity (Wildman–Crippen MR) is 99.3 cm³/mol. The normalized spacial score (nSPS) is 22.8. The van der Waals surface area contributed by atoms with E-state index in [1.807, 2.05) is 0 Å². The van der Waals surface area contributed by atoms with Crippen LogP contribution in [0.5, 0.6) is 0 Å². The standard InChI is InChI=1S/C12H22N4O2S4/c1-13-3-7-15(8-4-13)19-11(17)21-22-12(18)20-16-9-5-14(2)6-10-16/h3-10H2,1-2H3. The Morgan fingerprint density at radius 3 is 1.27 bits per heavy atom. The molecule has 0 unspecified atom stereocenters. The Morgan fingerprint density at radius 1 is 0.636 bits per heavy atom. The molecule has 0 saturated carbocycles. The number of rotatable bonds is 2. The van der Waals surface area contributed by atoms with E-state index in [2.05, 4.69) is 32.5 Å². The smallest absolute Gasteiger partial charge is 0.272 e. The van der Waals surface area contributed by atoms with E-state index in [0.29, 0.717) is 0 Å². The van der Waals surface area contributed by atoms with Gasteiger partial charge in [-0.1, -0.05) is 0 Å². The van der Waals surface area contributed by atoms with E-state index in [1.54, 1.807) is 0 Å². The van der Waals surface area contributed by atoms with Crippen LogP contribution in [0, 0.1) is 0 Å². The molecule has 0 atom stereocenters. The molecule has 2 heterocycles. The molecule has 0 aromatic heterocycles. The molecule has 0 spiro atoms. The van der Waals surface area contributed by atoms with Gasteiger partial charge in [0.1, 0.15) is 0 Å². The van der Waals surface area contributed by atoms with E-state index >= 15 is 0 Å². The van der Waals surface area contributed by atoms with Crippen molar-refractivity contribution in [3.05, 3.63) is 0 Å². The summed E-state index contributed by atoms with van der Waals surface area (Å²) in [5, 5.41) is 0. The average molecular weight is 383 g/mol. The molecule has 2 saturated heterocycles. The van der Waals surface area contributed by atoms with Crippen LogP contribution in [-0.4, -0.2) is 93.8 Å². The molecule has 22 heavy (non-hydrogen) atoms. The summed E-state index contributed by atoms with van der Waals surface area (Å²) in [6.45, 7) is 7.49. The van der Waals surface area contributed by atoms with Crippen LogP contribution in [0.25, 0.3) is 0 Å². The molecule has 0 bridgehead atoms. The second kappa shape index (κ2) is 9.77. The summed E-state index contributed by atoms with van der Waals surface area (Å²) in [6, 6.07) is 0. The van der Waals surface area contributed by atoms with Crippen LogP contribution in [0.1, 0.15) is 0 Å². The second-order valence-corrected chi connectivity index (χ2v) is 10.0. The highest BCUT2D eigenvalue weighted by Crippen LogP contribution is 2.36. The van der Waals surface area contributed by atoms with Crippen LogP contribution in [0.15, 0.2) is 0 Å². The minimum absolute atomic E-state index is 0.0121. The molecule has 0 N–H and O–H groups in total. The molecule has 2 rings (SSSR count). The first kappa shape index (κ1) is 18.9. The van der Waals surface area contributed by atoms with Gasteiger partial charge in [0.2, 0.25) is 0 Å². The van der Waals surface area contributed by atoms with E-state index in [-0.39, 0.29) is 8.89 Å². The molecule has 0 aromatic rings. The van der Waals surface area contributed by atoms with E-state index in [4.69, 9.17) is 0 Å². The van der Waals surface area contributed by atoms with Crippen molar-refractivity contribution in [3.8, 4) is 0 Å². The Kier molecular flexibility index (Phi) is 8.40. The highest BCUT2D eigenvalue weighted by Gasteiger charge is 2.21. The lowest BCUT2D eigenvalue weighted by molar-refractivity contribution is 0.232. The van der Waals surface area contributed by atoms with Gasteiger partial charge in [-0.15, -0.1) is 0 Å². The predicted octanol–water partition coefficient (Wildman–Crippen LogP) is 2.40. The monoisotopic (exact) mass is 382 g/mol. The third kappa shape index (κ3) is 7.00. The summed E-state index contributed by atoms with van der Waals surface area (Å²) >= 11 is 2.48. The maximum atomic E-state index is 11.9. The zero-order valence-electron chi connectivity index (χ0n) is 12.9. The Morgan fingerprint density at radius 2 is 0.955 bits per heavy atom. The van der Waals surface area contributed by atoms with Crippen molar-refractivity contribution < 1.29 is 9.59 Å². The summed E-state index contributed by atoms with van der Waals surface area (Å²) < 4.78 is 4.13. The number of likely N-dealkylation sites (N-methyl/N-ethyl adjacent to an activating group) is 2. The van der Waals surface area contributed by atoms with Crippen LogP contribution in [0.2, 0.25) is 0 Å². The molecule has 126 valence electrons. The first-order valence-corrected chi connectivity index (χ1v) is 10.9. The van der Waals surface area contributed by atoms with Crippen molar-refractivity contribution in [3.63, 3.8) is 0 Å². The molecule has 0 aromatic carbocycles. The quantitative estimate of drug-likeness (QED) is 0.525. The maximum Gasteiger partial charge on any atom is 0.272 e. The van der Waals surface area contributed by atoms with Crippen molar-refractivity contribution in [2.45, 2.75) is 0 Å². The Hall–Kier alpha value is 0.580. The maximum absolute atomic E-state index is 11.9. The van der Waals surface area contributed by atoms with Crippen molar-refractivity contribution >= 4 is 54.4 Å². The molecule has 10 heteroatoms. The van der Waals surface area contributed by atoms with Crippen molar-refractivity contribution in [2.24, 2.45) is 0 Å². The van der Waals surface area contributed by atoms with E-state index in [9.17, 15) is 9.59 Å². The first-order valence-electron chi connectivity index (χ1n) is 7.18. The number of carbonyl (C=O) groups excluding carboxylic acids is 2. The van der Waals surface area contributed by atoms with Crippen molar-refractivity contribution in [1.82, 2.24) is 18.4 Å². The van der Waals surface area contributed by atoms with Gasteiger partial charge in [-0.3, -0.25) is 9.59 Å². The van der Waals surface area contributed by atoms with E-state index < -0.39 is 0 Å². The van der Waals surface area contributed by atoms with Crippen LogP contribution in [0.3, 0.4) is 0 Å². The van der Waals surface area contributed by atoms with Crippen molar-refractivity contribution in [2.75, 3.05) is 66.5 Å². The van der Waals surface area contributed by atoms with Crippen molar-refractivity contribution in [1.29, 1.82) is 0 Å².